The second kappa shape index (κ2) is 3.23. The molecule has 78 valence electrons. The minimum atomic E-state index is 0.273. The van der Waals surface area contributed by atoms with Crippen LogP contribution in [0.2, 0.25) is 0 Å². The molecule has 1 rings (SSSR count). The van der Waals surface area contributed by atoms with Crippen molar-refractivity contribution in [1.82, 2.24) is 5.43 Å². The minimum absolute atomic E-state index is 0.273. The molecule has 0 spiro atoms. The highest BCUT2D eigenvalue weighted by Crippen LogP contribution is 2.69. The Morgan fingerprint density at radius 3 is 2.00 bits per heavy atom. The van der Waals surface area contributed by atoms with Gasteiger partial charge in [-0.05, 0) is 16.7 Å². The Morgan fingerprint density at radius 1 is 1.31 bits per heavy atom. The maximum Gasteiger partial charge on any atom is 0.0632 e. The molecule has 0 amide bonds. The number of hydrazine groups is 1. The SMILES string of the molecule is COCC(NN)C1C(C)(C)C1(C)C. The third kappa shape index (κ3) is 1.49. The van der Waals surface area contributed by atoms with E-state index in [2.05, 4.69) is 33.1 Å². The molecule has 1 fully saturated rings. The van der Waals surface area contributed by atoms with Gasteiger partial charge in [0.2, 0.25) is 0 Å². The van der Waals surface area contributed by atoms with Gasteiger partial charge in [-0.15, -0.1) is 0 Å². The smallest absolute Gasteiger partial charge is 0.0632 e. The van der Waals surface area contributed by atoms with Crippen LogP contribution >= 0.6 is 0 Å². The van der Waals surface area contributed by atoms with Gasteiger partial charge in [0.1, 0.15) is 0 Å². The first-order valence-electron chi connectivity index (χ1n) is 4.84. The van der Waals surface area contributed by atoms with Crippen molar-refractivity contribution < 1.29 is 4.74 Å². The number of hydrogen-bond donors (Lipinski definition) is 2. The number of nitrogens with two attached hydrogens (primary N) is 1. The Labute approximate surface area is 81.0 Å². The lowest BCUT2D eigenvalue weighted by Crippen LogP contribution is -2.41. The van der Waals surface area contributed by atoms with E-state index < -0.39 is 0 Å². The van der Waals surface area contributed by atoms with E-state index >= 15 is 0 Å². The molecule has 1 aliphatic rings. The molecular formula is C10H22N2O. The Balaban J connectivity index is 2.64. The maximum absolute atomic E-state index is 5.51. The van der Waals surface area contributed by atoms with Gasteiger partial charge < -0.3 is 4.74 Å². The lowest BCUT2D eigenvalue weighted by molar-refractivity contribution is 0.149. The normalized spacial score (nSPS) is 27.2. The molecule has 0 radical (unpaired) electrons. The van der Waals surface area contributed by atoms with Gasteiger partial charge in [0.25, 0.3) is 0 Å². The van der Waals surface area contributed by atoms with Crippen molar-refractivity contribution in [2.75, 3.05) is 13.7 Å². The summed E-state index contributed by atoms with van der Waals surface area (Å²) < 4.78 is 5.14. The summed E-state index contributed by atoms with van der Waals surface area (Å²) in [5.74, 6) is 6.11. The van der Waals surface area contributed by atoms with Gasteiger partial charge in [-0.1, -0.05) is 27.7 Å². The molecule has 1 aliphatic carbocycles. The van der Waals surface area contributed by atoms with Gasteiger partial charge in [-0.2, -0.15) is 0 Å². The average Bonchev–Trinajstić information content (AvgIpc) is 2.40. The summed E-state index contributed by atoms with van der Waals surface area (Å²) in [6.45, 7) is 9.85. The van der Waals surface area contributed by atoms with E-state index in [-0.39, 0.29) is 6.04 Å². The van der Waals surface area contributed by atoms with Crippen LogP contribution < -0.4 is 11.3 Å². The summed E-state index contributed by atoms with van der Waals surface area (Å²) >= 11 is 0. The summed E-state index contributed by atoms with van der Waals surface area (Å²) in [5, 5.41) is 0. The molecule has 0 aromatic carbocycles. The first-order valence-corrected chi connectivity index (χ1v) is 4.84. The van der Waals surface area contributed by atoms with Crippen LogP contribution in [-0.4, -0.2) is 19.8 Å². The Hall–Kier alpha value is -0.120. The Morgan fingerprint density at radius 2 is 1.77 bits per heavy atom. The molecule has 3 heteroatoms. The van der Waals surface area contributed by atoms with Gasteiger partial charge in [-0.3, -0.25) is 11.3 Å². The first-order chi connectivity index (χ1) is 5.89. The van der Waals surface area contributed by atoms with E-state index in [9.17, 15) is 0 Å². The van der Waals surface area contributed by atoms with Crippen LogP contribution in [0.3, 0.4) is 0 Å². The molecular weight excluding hydrogens is 164 g/mol. The third-order valence-corrected chi connectivity index (χ3v) is 4.10. The highest BCUT2D eigenvalue weighted by Gasteiger charge is 2.66. The standard InChI is InChI=1S/C10H22N2O/c1-9(2)8(10(9,3)4)7(12-11)6-13-5/h7-8,12H,6,11H2,1-5H3. The van der Waals surface area contributed by atoms with Crippen LogP contribution in [0.15, 0.2) is 0 Å². The van der Waals surface area contributed by atoms with Crippen molar-refractivity contribution in [3.05, 3.63) is 0 Å². The van der Waals surface area contributed by atoms with E-state index in [1.165, 1.54) is 0 Å². The molecule has 1 saturated carbocycles. The van der Waals surface area contributed by atoms with Crippen LogP contribution in [0.5, 0.6) is 0 Å². The van der Waals surface area contributed by atoms with Crippen LogP contribution in [-0.2, 0) is 4.74 Å². The van der Waals surface area contributed by atoms with Gasteiger partial charge in [0.05, 0.1) is 6.61 Å². The summed E-state index contributed by atoms with van der Waals surface area (Å²) in [6, 6.07) is 0.273. The molecule has 0 aliphatic heterocycles. The van der Waals surface area contributed by atoms with Gasteiger partial charge >= 0.3 is 0 Å². The van der Waals surface area contributed by atoms with Crippen molar-refractivity contribution >= 4 is 0 Å². The summed E-state index contributed by atoms with van der Waals surface area (Å²) in [6.07, 6.45) is 0. The van der Waals surface area contributed by atoms with Crippen LogP contribution in [0.4, 0.5) is 0 Å². The molecule has 0 aromatic rings. The van der Waals surface area contributed by atoms with Crippen molar-refractivity contribution in [2.24, 2.45) is 22.6 Å². The number of hydrogen-bond acceptors (Lipinski definition) is 3. The third-order valence-electron chi connectivity index (χ3n) is 4.10. The zero-order chi connectivity index (χ0) is 10.3. The van der Waals surface area contributed by atoms with E-state index in [1.54, 1.807) is 7.11 Å². The van der Waals surface area contributed by atoms with Crippen LogP contribution in [0.1, 0.15) is 27.7 Å². The fraction of sp³-hybridized carbons (Fsp3) is 1.00. The predicted molar refractivity (Wildman–Crippen MR) is 54.0 cm³/mol. The second-order valence-electron chi connectivity index (χ2n) is 5.15. The van der Waals surface area contributed by atoms with Crippen molar-refractivity contribution in [2.45, 2.75) is 33.7 Å². The lowest BCUT2D eigenvalue weighted by Gasteiger charge is -2.16. The van der Waals surface area contributed by atoms with Gasteiger partial charge in [0, 0.05) is 13.2 Å². The fourth-order valence-electron chi connectivity index (χ4n) is 2.67. The number of ether oxygens (including phenoxy) is 1. The fourth-order valence-corrected chi connectivity index (χ4v) is 2.67. The molecule has 1 atom stereocenters. The first kappa shape index (κ1) is 11.0. The largest absolute Gasteiger partial charge is 0.383 e. The quantitative estimate of drug-likeness (QED) is 0.511. The Kier molecular flexibility index (Phi) is 2.72. The molecule has 0 heterocycles. The van der Waals surface area contributed by atoms with E-state index in [1.807, 2.05) is 0 Å². The van der Waals surface area contributed by atoms with Crippen molar-refractivity contribution in [3.8, 4) is 0 Å². The topological polar surface area (TPSA) is 47.3 Å². The predicted octanol–water partition coefficient (Wildman–Crippen LogP) is 1.15. The minimum Gasteiger partial charge on any atom is -0.383 e. The van der Waals surface area contributed by atoms with Gasteiger partial charge in [0.15, 0.2) is 0 Å². The van der Waals surface area contributed by atoms with Crippen LogP contribution in [0.25, 0.3) is 0 Å². The molecule has 13 heavy (non-hydrogen) atoms. The lowest BCUT2D eigenvalue weighted by atomic mass is 10.0. The summed E-state index contributed by atoms with van der Waals surface area (Å²) in [5.41, 5.74) is 3.58. The van der Waals surface area contributed by atoms with Crippen molar-refractivity contribution in [3.63, 3.8) is 0 Å². The number of rotatable bonds is 4. The highest BCUT2D eigenvalue weighted by molar-refractivity contribution is 5.15. The highest BCUT2D eigenvalue weighted by atomic mass is 16.5. The van der Waals surface area contributed by atoms with Gasteiger partial charge in [-0.25, -0.2) is 0 Å². The maximum atomic E-state index is 5.51. The molecule has 3 nitrogen and oxygen atoms in total. The van der Waals surface area contributed by atoms with E-state index in [0.717, 1.165) is 0 Å². The molecule has 0 aromatic heterocycles. The Bertz CT molecular complexity index is 175. The average molecular weight is 186 g/mol. The number of nitrogens with one attached hydrogen (secondary N) is 1. The molecule has 1 unspecified atom stereocenters. The van der Waals surface area contributed by atoms with Crippen molar-refractivity contribution in [1.29, 1.82) is 0 Å². The van der Waals surface area contributed by atoms with E-state index in [0.29, 0.717) is 23.4 Å². The zero-order valence-corrected chi connectivity index (χ0v) is 9.35. The van der Waals surface area contributed by atoms with E-state index in [4.69, 9.17) is 10.6 Å². The zero-order valence-electron chi connectivity index (χ0n) is 9.35. The summed E-state index contributed by atoms with van der Waals surface area (Å²) in [7, 11) is 1.72. The monoisotopic (exact) mass is 186 g/mol. The van der Waals surface area contributed by atoms with Crippen LogP contribution in [0, 0.1) is 16.7 Å². The summed E-state index contributed by atoms with van der Waals surface area (Å²) in [4.78, 5) is 0. The number of methoxy groups -OCH3 is 1. The molecule has 0 saturated heterocycles. The molecule has 0 bridgehead atoms. The second-order valence-corrected chi connectivity index (χ2v) is 5.15. The molecule has 3 N–H and O–H groups in total.